The van der Waals surface area contributed by atoms with Gasteiger partial charge in [0, 0.05) is 18.5 Å². The van der Waals surface area contributed by atoms with Crippen LogP contribution in [0.2, 0.25) is 0 Å². The molecule has 142 valence electrons. The van der Waals surface area contributed by atoms with Crippen molar-refractivity contribution < 1.29 is 14.3 Å². The highest BCUT2D eigenvalue weighted by molar-refractivity contribution is 6.07. The van der Waals surface area contributed by atoms with E-state index < -0.39 is 0 Å². The van der Waals surface area contributed by atoms with Gasteiger partial charge in [-0.1, -0.05) is 0 Å². The molecule has 0 saturated heterocycles. The number of nitrogens with two attached hydrogens (primary N) is 1. The zero-order valence-corrected chi connectivity index (χ0v) is 15.0. The number of phenols is 1. The van der Waals surface area contributed by atoms with Gasteiger partial charge < -0.3 is 25.6 Å². The van der Waals surface area contributed by atoms with Crippen LogP contribution < -0.4 is 11.1 Å². The summed E-state index contributed by atoms with van der Waals surface area (Å²) in [6, 6.07) is 10.2. The van der Waals surface area contributed by atoms with Crippen LogP contribution in [0.15, 0.2) is 53.3 Å². The summed E-state index contributed by atoms with van der Waals surface area (Å²) in [4.78, 5) is 24.3. The number of carbonyl (C=O) groups is 1. The van der Waals surface area contributed by atoms with E-state index in [1.54, 1.807) is 36.5 Å². The molecule has 3 aromatic heterocycles. The molecule has 3 heterocycles. The number of ketones is 1. The summed E-state index contributed by atoms with van der Waals surface area (Å²) in [5.41, 5.74) is 7.53. The van der Waals surface area contributed by atoms with Gasteiger partial charge in [0.15, 0.2) is 17.4 Å². The number of hydrogen-bond donors (Lipinski definition) is 4. The van der Waals surface area contributed by atoms with Crippen molar-refractivity contribution in [3.05, 3.63) is 54.4 Å². The molecule has 28 heavy (non-hydrogen) atoms. The number of nitrogens with one attached hydrogen (secondary N) is 2. The summed E-state index contributed by atoms with van der Waals surface area (Å²) in [6.45, 7) is 0.599. The number of aromatic hydroxyl groups is 1. The molecule has 4 rings (SSSR count). The van der Waals surface area contributed by atoms with Gasteiger partial charge in [0.25, 0.3) is 0 Å². The van der Waals surface area contributed by atoms with Gasteiger partial charge in [0.1, 0.15) is 22.6 Å². The van der Waals surface area contributed by atoms with Crippen LogP contribution in [0.3, 0.4) is 0 Å². The van der Waals surface area contributed by atoms with E-state index in [-0.39, 0.29) is 11.5 Å². The molecule has 8 nitrogen and oxygen atoms in total. The molecular formula is C20H19N5O3. The van der Waals surface area contributed by atoms with Crippen LogP contribution in [0.5, 0.6) is 5.75 Å². The maximum absolute atomic E-state index is 12.7. The van der Waals surface area contributed by atoms with Crippen molar-refractivity contribution in [2.45, 2.75) is 12.8 Å². The van der Waals surface area contributed by atoms with E-state index >= 15 is 0 Å². The van der Waals surface area contributed by atoms with Gasteiger partial charge in [-0.25, -0.2) is 9.97 Å². The average molecular weight is 377 g/mol. The number of imidazole rings is 1. The number of Topliss-reactive ketones (excluding diaryl/α,β-unsaturated/α-hetero) is 1. The van der Waals surface area contributed by atoms with Crippen molar-refractivity contribution >= 4 is 28.3 Å². The molecule has 0 spiro atoms. The lowest BCUT2D eigenvalue weighted by atomic mass is 10.0. The molecule has 0 radical (unpaired) electrons. The average Bonchev–Trinajstić information content (AvgIpc) is 3.37. The lowest BCUT2D eigenvalue weighted by Gasteiger charge is -2.06. The van der Waals surface area contributed by atoms with Crippen LogP contribution >= 0.6 is 0 Å². The highest BCUT2D eigenvalue weighted by atomic mass is 16.3. The van der Waals surface area contributed by atoms with Gasteiger partial charge in [0.2, 0.25) is 0 Å². The number of rotatable bonds is 7. The SMILES string of the molecule is Nc1ccc(NCCCC(=O)c2ccc(O)c3[nH]c(-c4ccco4)nc23)nc1. The minimum absolute atomic E-state index is 0.0351. The summed E-state index contributed by atoms with van der Waals surface area (Å²) in [6.07, 6.45) is 4.08. The number of nitrogens with zero attached hydrogens (tertiary/aromatic N) is 2. The first-order valence-electron chi connectivity index (χ1n) is 8.86. The number of aromatic amines is 1. The Morgan fingerprint density at radius 3 is 2.89 bits per heavy atom. The number of nitrogen functional groups attached to an aromatic ring is 1. The first kappa shape index (κ1) is 17.6. The Hall–Kier alpha value is -3.81. The van der Waals surface area contributed by atoms with Gasteiger partial charge >= 0.3 is 0 Å². The van der Waals surface area contributed by atoms with E-state index in [4.69, 9.17) is 10.2 Å². The van der Waals surface area contributed by atoms with Crippen molar-refractivity contribution in [2.24, 2.45) is 0 Å². The van der Waals surface area contributed by atoms with Gasteiger partial charge in [-0.05, 0) is 42.8 Å². The molecule has 0 fully saturated rings. The van der Waals surface area contributed by atoms with E-state index in [1.807, 2.05) is 0 Å². The van der Waals surface area contributed by atoms with Crippen LogP contribution in [0.4, 0.5) is 11.5 Å². The zero-order chi connectivity index (χ0) is 19.5. The maximum atomic E-state index is 12.7. The molecule has 0 atom stereocenters. The molecular weight excluding hydrogens is 358 g/mol. The lowest BCUT2D eigenvalue weighted by molar-refractivity contribution is 0.0982. The maximum Gasteiger partial charge on any atom is 0.174 e. The van der Waals surface area contributed by atoms with Crippen molar-refractivity contribution in [1.29, 1.82) is 0 Å². The summed E-state index contributed by atoms with van der Waals surface area (Å²) in [5.74, 6) is 1.70. The standard InChI is InChI=1S/C20H19N5O3/c21-12-5-8-17(23-11-12)22-9-1-3-14(26)13-6-7-15(27)19-18(13)24-20(25-19)16-4-2-10-28-16/h2,4-8,10-11,27H,1,3,9,21H2,(H,22,23)(H,24,25). The second-order valence-electron chi connectivity index (χ2n) is 6.35. The van der Waals surface area contributed by atoms with Gasteiger partial charge in [-0.2, -0.15) is 0 Å². The van der Waals surface area contributed by atoms with Gasteiger partial charge in [0.05, 0.1) is 18.1 Å². The topological polar surface area (TPSA) is 130 Å². The number of benzene rings is 1. The number of phenolic OH excluding ortho intramolecular Hbond substituents is 1. The summed E-state index contributed by atoms with van der Waals surface area (Å²) >= 11 is 0. The van der Waals surface area contributed by atoms with Gasteiger partial charge in [-0.15, -0.1) is 0 Å². The highest BCUT2D eigenvalue weighted by Crippen LogP contribution is 2.30. The molecule has 0 unspecified atom stereocenters. The number of pyridine rings is 1. The second-order valence-corrected chi connectivity index (χ2v) is 6.35. The van der Waals surface area contributed by atoms with Crippen LogP contribution in [-0.2, 0) is 0 Å². The molecule has 1 aromatic carbocycles. The Bertz CT molecular complexity index is 1100. The quantitative estimate of drug-likeness (QED) is 0.286. The van der Waals surface area contributed by atoms with E-state index in [2.05, 4.69) is 20.3 Å². The van der Waals surface area contributed by atoms with Crippen molar-refractivity contribution in [2.75, 3.05) is 17.6 Å². The van der Waals surface area contributed by atoms with Crippen LogP contribution in [0.1, 0.15) is 23.2 Å². The third-order valence-electron chi connectivity index (χ3n) is 4.35. The fraction of sp³-hybridized carbons (Fsp3) is 0.150. The molecule has 0 aliphatic heterocycles. The fourth-order valence-corrected chi connectivity index (χ4v) is 2.94. The number of fused-ring (bicyclic) bond motifs is 1. The van der Waals surface area contributed by atoms with Crippen molar-refractivity contribution in [3.8, 4) is 17.3 Å². The molecule has 0 saturated carbocycles. The molecule has 5 N–H and O–H groups in total. The monoisotopic (exact) mass is 377 g/mol. The molecule has 0 aliphatic carbocycles. The molecule has 8 heteroatoms. The van der Waals surface area contributed by atoms with Crippen molar-refractivity contribution in [3.63, 3.8) is 0 Å². The zero-order valence-electron chi connectivity index (χ0n) is 15.0. The predicted molar refractivity (Wildman–Crippen MR) is 106 cm³/mol. The molecule has 0 bridgehead atoms. The van der Waals surface area contributed by atoms with E-state index in [1.165, 1.54) is 12.3 Å². The van der Waals surface area contributed by atoms with E-state index in [0.29, 0.717) is 59.1 Å². The molecule has 4 aromatic rings. The second kappa shape index (κ2) is 7.43. The van der Waals surface area contributed by atoms with E-state index in [9.17, 15) is 9.90 Å². The Kier molecular flexibility index (Phi) is 4.67. The normalized spacial score (nSPS) is 11.0. The Labute approximate surface area is 160 Å². The Morgan fingerprint density at radius 1 is 1.25 bits per heavy atom. The number of H-pyrrole nitrogens is 1. The number of carbonyl (C=O) groups excluding carboxylic acids is 1. The summed E-state index contributed by atoms with van der Waals surface area (Å²) in [5, 5.41) is 13.3. The third kappa shape index (κ3) is 3.52. The highest BCUT2D eigenvalue weighted by Gasteiger charge is 2.17. The third-order valence-corrected chi connectivity index (χ3v) is 4.35. The first-order valence-corrected chi connectivity index (χ1v) is 8.86. The number of furan rings is 1. The number of aromatic nitrogens is 3. The lowest BCUT2D eigenvalue weighted by Crippen LogP contribution is -2.07. The minimum Gasteiger partial charge on any atom is -0.506 e. The predicted octanol–water partition coefficient (Wildman–Crippen LogP) is 3.58. The van der Waals surface area contributed by atoms with Crippen LogP contribution in [0, 0.1) is 0 Å². The van der Waals surface area contributed by atoms with Crippen molar-refractivity contribution in [1.82, 2.24) is 15.0 Å². The van der Waals surface area contributed by atoms with Crippen LogP contribution in [0.25, 0.3) is 22.6 Å². The number of hydrogen-bond acceptors (Lipinski definition) is 7. The number of anilines is 2. The van der Waals surface area contributed by atoms with Crippen LogP contribution in [-0.4, -0.2) is 32.4 Å². The first-order chi connectivity index (χ1) is 13.6. The largest absolute Gasteiger partial charge is 0.506 e. The minimum atomic E-state index is -0.0467. The summed E-state index contributed by atoms with van der Waals surface area (Å²) < 4.78 is 5.34. The smallest absolute Gasteiger partial charge is 0.174 e. The van der Waals surface area contributed by atoms with Gasteiger partial charge in [-0.3, -0.25) is 4.79 Å². The molecule has 0 aliphatic rings. The molecule has 0 amide bonds. The fourth-order valence-electron chi connectivity index (χ4n) is 2.94. The van der Waals surface area contributed by atoms with E-state index in [0.717, 1.165) is 0 Å². The Morgan fingerprint density at radius 2 is 2.14 bits per heavy atom. The Balaban J connectivity index is 1.46. The summed E-state index contributed by atoms with van der Waals surface area (Å²) in [7, 11) is 0.